The van der Waals surface area contributed by atoms with Crippen LogP contribution in [0.5, 0.6) is 0 Å². The molecule has 4 rings (SSSR count). The van der Waals surface area contributed by atoms with Crippen molar-refractivity contribution >= 4 is 5.65 Å². The van der Waals surface area contributed by atoms with E-state index in [1.54, 1.807) is 12.1 Å². The van der Waals surface area contributed by atoms with Crippen LogP contribution in [-0.2, 0) is 11.6 Å². The van der Waals surface area contributed by atoms with E-state index in [2.05, 4.69) is 21.4 Å². The van der Waals surface area contributed by atoms with Crippen molar-refractivity contribution in [2.24, 2.45) is 0 Å². The number of hydrogen-bond donors (Lipinski definition) is 0. The number of nitrogens with zero attached hydrogens (tertiary/aromatic N) is 5. The highest BCUT2D eigenvalue weighted by Gasteiger charge is 2.45. The van der Waals surface area contributed by atoms with E-state index in [0.717, 1.165) is 24.0 Å². The van der Waals surface area contributed by atoms with E-state index in [1.807, 2.05) is 19.1 Å². The van der Waals surface area contributed by atoms with Crippen LogP contribution in [0, 0.1) is 18.3 Å². The Kier molecular flexibility index (Phi) is 3.13. The van der Waals surface area contributed by atoms with Gasteiger partial charge < -0.3 is 0 Å². The normalized spacial score (nSPS) is 16.0. The molecule has 25 heavy (non-hydrogen) atoms. The second-order valence-electron chi connectivity index (χ2n) is 6.23. The molecule has 2 aromatic heterocycles. The molecule has 0 N–H and O–H groups in total. The molecule has 0 radical (unpaired) electrons. The lowest BCUT2D eigenvalue weighted by molar-refractivity contribution is -0.146. The molecule has 0 aliphatic heterocycles. The number of alkyl halides is 3. The van der Waals surface area contributed by atoms with Gasteiger partial charge in [0, 0.05) is 5.56 Å². The van der Waals surface area contributed by atoms with Crippen molar-refractivity contribution in [3.63, 3.8) is 0 Å². The molecule has 5 nitrogen and oxygen atoms in total. The molecule has 126 valence electrons. The van der Waals surface area contributed by atoms with Crippen molar-refractivity contribution in [2.45, 2.75) is 31.4 Å². The zero-order chi connectivity index (χ0) is 17.8. The molecule has 3 aromatic rings. The molecule has 1 saturated carbocycles. The van der Waals surface area contributed by atoms with Crippen LogP contribution in [0.4, 0.5) is 13.2 Å². The first-order valence-electron chi connectivity index (χ1n) is 7.66. The lowest BCUT2D eigenvalue weighted by Gasteiger charge is -2.11. The molecule has 1 fully saturated rings. The molecule has 1 aliphatic carbocycles. The zero-order valence-electron chi connectivity index (χ0n) is 13.2. The third kappa shape index (κ3) is 2.43. The Labute approximate surface area is 140 Å². The van der Waals surface area contributed by atoms with Gasteiger partial charge in [0.2, 0.25) is 0 Å². The fourth-order valence-electron chi connectivity index (χ4n) is 2.95. The van der Waals surface area contributed by atoms with Gasteiger partial charge >= 0.3 is 6.18 Å². The number of rotatable bonds is 2. The van der Waals surface area contributed by atoms with Crippen LogP contribution in [0.25, 0.3) is 16.9 Å². The van der Waals surface area contributed by atoms with E-state index in [1.165, 1.54) is 6.07 Å². The largest absolute Gasteiger partial charge is 0.453 e. The average molecular weight is 343 g/mol. The highest BCUT2D eigenvalue weighted by molar-refractivity contribution is 5.65. The third-order valence-electron chi connectivity index (χ3n) is 4.54. The first-order valence-corrected chi connectivity index (χ1v) is 7.66. The molecule has 0 unspecified atom stereocenters. The van der Waals surface area contributed by atoms with Gasteiger partial charge in [-0.1, -0.05) is 18.2 Å². The fraction of sp³-hybridized carbons (Fsp3) is 0.294. The van der Waals surface area contributed by atoms with Gasteiger partial charge in [-0.2, -0.15) is 28.0 Å². The standard InChI is InChI=1S/C17H12F3N5/c1-10-8-11(16(9-21)6-7-16)2-3-12(10)13-4-5-14-22-23-15(17(18,19)20)25(14)24-13/h2-5,8H,6-7H2,1H3. The van der Waals surface area contributed by atoms with Gasteiger partial charge in [0.05, 0.1) is 17.2 Å². The molecule has 0 saturated heterocycles. The average Bonchev–Trinajstić information content (AvgIpc) is 3.25. The van der Waals surface area contributed by atoms with Crippen LogP contribution in [0.3, 0.4) is 0 Å². The van der Waals surface area contributed by atoms with E-state index in [9.17, 15) is 18.4 Å². The van der Waals surface area contributed by atoms with Gasteiger partial charge in [0.25, 0.3) is 5.82 Å². The molecule has 1 aromatic carbocycles. The maximum atomic E-state index is 13.0. The minimum absolute atomic E-state index is 0.0340. The number of nitriles is 1. The minimum atomic E-state index is -4.63. The predicted octanol–water partition coefficient (Wildman–Crippen LogP) is 3.67. The van der Waals surface area contributed by atoms with Crippen molar-refractivity contribution in [1.29, 1.82) is 5.26 Å². The Morgan fingerprint density at radius 1 is 1.16 bits per heavy atom. The zero-order valence-corrected chi connectivity index (χ0v) is 13.2. The molecular weight excluding hydrogens is 331 g/mol. The second kappa shape index (κ2) is 5.02. The topological polar surface area (TPSA) is 66.9 Å². The lowest BCUT2D eigenvalue weighted by atomic mass is 9.93. The molecule has 0 atom stereocenters. The molecular formula is C17H12F3N5. The van der Waals surface area contributed by atoms with E-state index in [0.29, 0.717) is 15.8 Å². The summed E-state index contributed by atoms with van der Waals surface area (Å²) in [6.45, 7) is 1.86. The van der Waals surface area contributed by atoms with Crippen LogP contribution < -0.4 is 0 Å². The molecule has 8 heteroatoms. The Morgan fingerprint density at radius 3 is 2.52 bits per heavy atom. The molecule has 2 heterocycles. The SMILES string of the molecule is Cc1cc(C2(C#N)CC2)ccc1-c1ccc2nnc(C(F)(F)F)n2n1. The monoisotopic (exact) mass is 343 g/mol. The molecule has 0 bridgehead atoms. The summed E-state index contributed by atoms with van der Waals surface area (Å²) in [5.41, 5.74) is 2.53. The van der Waals surface area contributed by atoms with Gasteiger partial charge in [-0.05, 0) is 43.0 Å². The summed E-state index contributed by atoms with van der Waals surface area (Å²) < 4.78 is 39.7. The highest BCUT2D eigenvalue weighted by atomic mass is 19.4. The summed E-state index contributed by atoms with van der Waals surface area (Å²) in [5.74, 6) is -1.15. The van der Waals surface area contributed by atoms with E-state index in [-0.39, 0.29) is 5.65 Å². The number of halogens is 3. The summed E-state index contributed by atoms with van der Waals surface area (Å²) in [4.78, 5) is 0. The predicted molar refractivity (Wildman–Crippen MR) is 82.5 cm³/mol. The van der Waals surface area contributed by atoms with Crippen molar-refractivity contribution in [1.82, 2.24) is 19.8 Å². The van der Waals surface area contributed by atoms with Crippen LogP contribution in [0.1, 0.15) is 29.8 Å². The first kappa shape index (κ1) is 15.6. The number of aryl methyl sites for hydroxylation is 1. The van der Waals surface area contributed by atoms with E-state index in [4.69, 9.17) is 0 Å². The van der Waals surface area contributed by atoms with Gasteiger partial charge in [-0.15, -0.1) is 10.2 Å². The van der Waals surface area contributed by atoms with E-state index >= 15 is 0 Å². The maximum absolute atomic E-state index is 13.0. The Morgan fingerprint density at radius 2 is 1.92 bits per heavy atom. The Hall–Kier alpha value is -2.95. The summed E-state index contributed by atoms with van der Waals surface area (Å²) in [7, 11) is 0. The van der Waals surface area contributed by atoms with Gasteiger partial charge in [0.1, 0.15) is 0 Å². The van der Waals surface area contributed by atoms with Crippen molar-refractivity contribution in [3.05, 3.63) is 47.3 Å². The summed E-state index contributed by atoms with van der Waals surface area (Å²) in [6.07, 6.45) is -2.96. The van der Waals surface area contributed by atoms with Crippen LogP contribution in [0.2, 0.25) is 0 Å². The molecule has 1 aliphatic rings. The number of aromatic nitrogens is 4. The fourth-order valence-corrected chi connectivity index (χ4v) is 2.95. The third-order valence-corrected chi connectivity index (χ3v) is 4.54. The summed E-state index contributed by atoms with van der Waals surface area (Å²) >= 11 is 0. The maximum Gasteiger partial charge on any atom is 0.453 e. The summed E-state index contributed by atoms with van der Waals surface area (Å²) in [6, 6.07) is 11.0. The van der Waals surface area contributed by atoms with Gasteiger partial charge in [-0.3, -0.25) is 0 Å². The highest BCUT2D eigenvalue weighted by Crippen LogP contribution is 2.48. The van der Waals surface area contributed by atoms with Gasteiger partial charge in [0.15, 0.2) is 5.65 Å². The first-order chi connectivity index (χ1) is 11.8. The Balaban J connectivity index is 1.81. The number of benzene rings is 1. The number of fused-ring (bicyclic) bond motifs is 1. The van der Waals surface area contributed by atoms with Crippen LogP contribution in [-0.4, -0.2) is 19.8 Å². The lowest BCUT2D eigenvalue weighted by Crippen LogP contribution is -2.12. The van der Waals surface area contributed by atoms with Crippen LogP contribution >= 0.6 is 0 Å². The van der Waals surface area contributed by atoms with Crippen molar-refractivity contribution in [2.75, 3.05) is 0 Å². The van der Waals surface area contributed by atoms with Gasteiger partial charge in [-0.25, -0.2) is 0 Å². The quantitative estimate of drug-likeness (QED) is 0.712. The van der Waals surface area contributed by atoms with Crippen molar-refractivity contribution < 1.29 is 13.2 Å². The number of hydrogen-bond acceptors (Lipinski definition) is 4. The molecule has 0 spiro atoms. The summed E-state index contributed by atoms with van der Waals surface area (Å²) in [5, 5.41) is 20.1. The Bertz CT molecular complexity index is 1020. The minimum Gasteiger partial charge on any atom is -0.197 e. The van der Waals surface area contributed by atoms with Crippen molar-refractivity contribution in [3.8, 4) is 17.3 Å². The second-order valence-corrected chi connectivity index (χ2v) is 6.23. The molecule has 0 amide bonds. The van der Waals surface area contributed by atoms with E-state index < -0.39 is 17.4 Å². The van der Waals surface area contributed by atoms with Crippen LogP contribution in [0.15, 0.2) is 30.3 Å². The smallest absolute Gasteiger partial charge is 0.197 e.